The summed E-state index contributed by atoms with van der Waals surface area (Å²) in [6.07, 6.45) is 26.3. The van der Waals surface area contributed by atoms with Crippen LogP contribution in [0.15, 0.2) is 35.5 Å². The molecule has 2 saturated heterocycles. The molecule has 2 aliphatic rings. The van der Waals surface area contributed by atoms with E-state index in [1.165, 1.54) is 70.6 Å². The van der Waals surface area contributed by atoms with E-state index in [0.29, 0.717) is 30.6 Å². The van der Waals surface area contributed by atoms with Crippen molar-refractivity contribution >= 4 is 11.9 Å². The average Bonchev–Trinajstić information content (AvgIpc) is 3.36. The Balaban J connectivity index is 1.53. The van der Waals surface area contributed by atoms with Crippen LogP contribution >= 0.6 is 0 Å². The summed E-state index contributed by atoms with van der Waals surface area (Å²) in [5, 5.41) is 9.81. The molecule has 0 spiro atoms. The Bertz CT molecular complexity index is 690. The third-order valence-corrected chi connectivity index (χ3v) is 6.48. The van der Waals surface area contributed by atoms with Crippen LogP contribution in [-0.2, 0) is 19.1 Å². The quantitative estimate of drug-likeness (QED) is 0.116. The van der Waals surface area contributed by atoms with Crippen LogP contribution < -0.4 is 0 Å². The fourth-order valence-electron chi connectivity index (χ4n) is 4.44. The van der Waals surface area contributed by atoms with E-state index in [1.807, 2.05) is 6.08 Å². The summed E-state index contributed by atoms with van der Waals surface area (Å²) in [7, 11) is 0. The molecule has 186 valence electrons. The molecule has 5 heteroatoms. The molecule has 0 saturated carbocycles. The lowest BCUT2D eigenvalue weighted by Gasteiger charge is -2.20. The summed E-state index contributed by atoms with van der Waals surface area (Å²) in [5.74, 6) is -0.774. The molecule has 1 atom stereocenters. The van der Waals surface area contributed by atoms with Crippen LogP contribution in [0.5, 0.6) is 0 Å². The first-order chi connectivity index (χ1) is 16.1. The number of hydrogen-bond donors (Lipinski definition) is 1. The van der Waals surface area contributed by atoms with Crippen molar-refractivity contribution in [3.63, 3.8) is 0 Å². The predicted octanol–water partition coefficient (Wildman–Crippen LogP) is 6.50. The van der Waals surface area contributed by atoms with E-state index in [9.17, 15) is 14.7 Å². The van der Waals surface area contributed by atoms with Crippen LogP contribution in [0, 0.1) is 0 Å². The SMILES string of the molecule is CCCCCCCC/C=C\CCCCCCC/C=C1\CC(/C=C2\CCOC2=O)(CO)OC1=O. The van der Waals surface area contributed by atoms with Gasteiger partial charge in [-0.1, -0.05) is 76.5 Å². The number of aliphatic hydroxyl groups is 1. The second-order valence-corrected chi connectivity index (χ2v) is 9.45. The van der Waals surface area contributed by atoms with Gasteiger partial charge in [0.25, 0.3) is 0 Å². The van der Waals surface area contributed by atoms with Crippen LogP contribution in [0.25, 0.3) is 0 Å². The van der Waals surface area contributed by atoms with Crippen LogP contribution in [0.3, 0.4) is 0 Å². The Morgan fingerprint density at radius 1 is 0.818 bits per heavy atom. The number of allylic oxidation sites excluding steroid dienone is 3. The fraction of sp³-hybridized carbons (Fsp3) is 0.714. The standard InChI is InChI=1S/C28H44O5/c1-2-3-4-5-6-7-8-9-10-11-12-13-14-15-16-17-18-24-21-28(23-29,33-27(24)31)22-25-19-20-32-26(25)30/h9-10,18,22,29H,2-8,11-17,19-21,23H2,1H3/b10-9-,24-18+,25-22+. The van der Waals surface area contributed by atoms with E-state index < -0.39 is 5.60 Å². The van der Waals surface area contributed by atoms with E-state index in [1.54, 1.807) is 6.08 Å². The van der Waals surface area contributed by atoms with Gasteiger partial charge in [0.1, 0.15) is 0 Å². The maximum atomic E-state index is 12.2. The van der Waals surface area contributed by atoms with Gasteiger partial charge in [0.05, 0.1) is 13.2 Å². The Hall–Kier alpha value is -1.88. The monoisotopic (exact) mass is 460 g/mol. The summed E-state index contributed by atoms with van der Waals surface area (Å²) in [6.45, 7) is 2.27. The summed E-state index contributed by atoms with van der Waals surface area (Å²) in [4.78, 5) is 23.9. The molecule has 2 fully saturated rings. The molecule has 2 rings (SSSR count). The van der Waals surface area contributed by atoms with Gasteiger partial charge >= 0.3 is 11.9 Å². The van der Waals surface area contributed by atoms with Gasteiger partial charge in [-0.15, -0.1) is 0 Å². The van der Waals surface area contributed by atoms with E-state index in [4.69, 9.17) is 9.47 Å². The average molecular weight is 461 g/mol. The summed E-state index contributed by atoms with van der Waals surface area (Å²) >= 11 is 0. The van der Waals surface area contributed by atoms with Crippen LogP contribution in [0.1, 0.15) is 110 Å². The van der Waals surface area contributed by atoms with Crippen LogP contribution in [0.4, 0.5) is 0 Å². The highest BCUT2D eigenvalue weighted by atomic mass is 16.6. The molecular weight excluding hydrogens is 416 g/mol. The molecule has 0 amide bonds. The number of aliphatic hydroxyl groups excluding tert-OH is 1. The number of ether oxygens (including phenoxy) is 2. The van der Waals surface area contributed by atoms with Crippen molar-refractivity contribution in [3.05, 3.63) is 35.5 Å². The second kappa shape index (κ2) is 15.9. The highest BCUT2D eigenvalue weighted by Gasteiger charge is 2.42. The lowest BCUT2D eigenvalue weighted by Crippen LogP contribution is -2.31. The molecule has 0 radical (unpaired) electrons. The van der Waals surface area contributed by atoms with E-state index >= 15 is 0 Å². The lowest BCUT2D eigenvalue weighted by molar-refractivity contribution is -0.146. The van der Waals surface area contributed by atoms with Crippen molar-refractivity contribution in [1.82, 2.24) is 0 Å². The number of carbonyl (C=O) groups is 2. The predicted molar refractivity (Wildman–Crippen MR) is 132 cm³/mol. The molecule has 0 aromatic rings. The Kier molecular flexibility index (Phi) is 13.2. The minimum absolute atomic E-state index is 0.310. The zero-order valence-corrected chi connectivity index (χ0v) is 20.6. The summed E-state index contributed by atoms with van der Waals surface area (Å²) in [6, 6.07) is 0. The third-order valence-electron chi connectivity index (χ3n) is 6.48. The number of carbonyl (C=O) groups excluding carboxylic acids is 2. The van der Waals surface area contributed by atoms with Crippen molar-refractivity contribution in [2.24, 2.45) is 0 Å². The van der Waals surface area contributed by atoms with E-state index in [-0.39, 0.29) is 18.5 Å². The van der Waals surface area contributed by atoms with Gasteiger partial charge < -0.3 is 14.6 Å². The largest absolute Gasteiger partial charge is 0.462 e. The van der Waals surface area contributed by atoms with Crippen molar-refractivity contribution in [2.45, 2.75) is 115 Å². The maximum absolute atomic E-state index is 12.2. The van der Waals surface area contributed by atoms with Gasteiger partial charge in [-0.05, 0) is 44.6 Å². The Morgan fingerprint density at radius 2 is 1.42 bits per heavy atom. The Labute approximate surface area is 200 Å². The van der Waals surface area contributed by atoms with Gasteiger partial charge in [-0.25, -0.2) is 9.59 Å². The van der Waals surface area contributed by atoms with Crippen LogP contribution in [0.2, 0.25) is 0 Å². The first-order valence-electron chi connectivity index (χ1n) is 13.2. The molecule has 0 aliphatic carbocycles. The molecule has 0 aromatic carbocycles. The fourth-order valence-corrected chi connectivity index (χ4v) is 4.44. The Morgan fingerprint density at radius 3 is 2.00 bits per heavy atom. The van der Waals surface area contributed by atoms with Gasteiger partial charge in [-0.2, -0.15) is 0 Å². The number of esters is 2. The topological polar surface area (TPSA) is 72.8 Å². The lowest BCUT2D eigenvalue weighted by atomic mass is 9.94. The maximum Gasteiger partial charge on any atom is 0.334 e. The normalized spacial score (nSPS) is 23.2. The molecule has 33 heavy (non-hydrogen) atoms. The molecule has 2 heterocycles. The smallest absolute Gasteiger partial charge is 0.334 e. The number of hydrogen-bond acceptors (Lipinski definition) is 5. The minimum atomic E-state index is -1.12. The molecular formula is C28H44O5. The van der Waals surface area contributed by atoms with Gasteiger partial charge in [0.2, 0.25) is 0 Å². The molecule has 0 bridgehead atoms. The van der Waals surface area contributed by atoms with Crippen molar-refractivity contribution in [2.75, 3.05) is 13.2 Å². The molecule has 2 aliphatic heterocycles. The molecule has 5 nitrogen and oxygen atoms in total. The molecule has 0 aromatic heterocycles. The zero-order valence-electron chi connectivity index (χ0n) is 20.6. The summed E-state index contributed by atoms with van der Waals surface area (Å²) in [5.41, 5.74) is -0.0393. The van der Waals surface area contributed by atoms with Crippen LogP contribution in [-0.4, -0.2) is 35.9 Å². The van der Waals surface area contributed by atoms with Gasteiger partial charge in [-0.3, -0.25) is 0 Å². The van der Waals surface area contributed by atoms with Gasteiger partial charge in [0, 0.05) is 24.0 Å². The zero-order chi connectivity index (χ0) is 23.8. The highest BCUT2D eigenvalue weighted by molar-refractivity contribution is 5.93. The van der Waals surface area contributed by atoms with Crippen molar-refractivity contribution in [1.29, 1.82) is 0 Å². The minimum Gasteiger partial charge on any atom is -0.462 e. The number of rotatable bonds is 17. The second-order valence-electron chi connectivity index (χ2n) is 9.45. The van der Waals surface area contributed by atoms with Crippen molar-refractivity contribution < 1.29 is 24.2 Å². The van der Waals surface area contributed by atoms with E-state index in [0.717, 1.165) is 19.3 Å². The summed E-state index contributed by atoms with van der Waals surface area (Å²) < 4.78 is 10.4. The van der Waals surface area contributed by atoms with Crippen molar-refractivity contribution in [3.8, 4) is 0 Å². The molecule has 1 N–H and O–H groups in total. The number of unbranched alkanes of at least 4 members (excludes halogenated alkanes) is 12. The highest BCUT2D eigenvalue weighted by Crippen LogP contribution is 2.34. The van der Waals surface area contributed by atoms with Gasteiger partial charge in [0.15, 0.2) is 5.60 Å². The first kappa shape index (κ1) is 27.4. The first-order valence-corrected chi connectivity index (χ1v) is 13.2. The van der Waals surface area contributed by atoms with E-state index in [2.05, 4.69) is 19.1 Å². The molecule has 1 unspecified atom stereocenters. The third kappa shape index (κ3) is 10.3. The number of cyclic esters (lactones) is 2.